The molecule has 0 radical (unpaired) electrons. The highest BCUT2D eigenvalue weighted by atomic mass is 16.5. The Bertz CT molecular complexity index is 1570. The largest absolute Gasteiger partial charge is 0.496 e. The van der Waals surface area contributed by atoms with Crippen LogP contribution in [0, 0.1) is 29.1 Å². The number of fused-ring (bicyclic) bond motifs is 1. The summed E-state index contributed by atoms with van der Waals surface area (Å²) in [5.74, 6) is -1.58. The van der Waals surface area contributed by atoms with Gasteiger partial charge in [-0.1, -0.05) is 50.2 Å². The molecule has 3 aromatic rings. The first-order valence-corrected chi connectivity index (χ1v) is 14.9. The summed E-state index contributed by atoms with van der Waals surface area (Å²) in [6.45, 7) is 4.71. The zero-order valence-corrected chi connectivity index (χ0v) is 25.3. The number of H-pyrrole nitrogens is 1. The summed E-state index contributed by atoms with van der Waals surface area (Å²) in [6.07, 6.45) is 2.63. The number of nitriles is 1. The molecule has 4 rings (SSSR count). The van der Waals surface area contributed by atoms with Crippen molar-refractivity contribution in [3.63, 3.8) is 0 Å². The van der Waals surface area contributed by atoms with Crippen molar-refractivity contribution in [1.82, 2.24) is 20.9 Å². The normalized spacial score (nSPS) is 16.2. The average molecular weight is 598 g/mol. The van der Waals surface area contributed by atoms with Crippen LogP contribution in [0.1, 0.15) is 55.6 Å². The third-order valence-electron chi connectivity index (χ3n) is 7.76. The summed E-state index contributed by atoms with van der Waals surface area (Å²) >= 11 is 0. The van der Waals surface area contributed by atoms with Crippen LogP contribution in [0.25, 0.3) is 10.9 Å². The van der Waals surface area contributed by atoms with Crippen LogP contribution in [-0.2, 0) is 20.9 Å². The molecule has 0 saturated carbocycles. The number of carbonyl (C=O) groups excluding carboxylic acids is 4. The van der Waals surface area contributed by atoms with Crippen LogP contribution in [0.4, 0.5) is 0 Å². The molecule has 3 amide bonds. The highest BCUT2D eigenvalue weighted by Crippen LogP contribution is 2.28. The number of benzene rings is 2. The number of nitrogens with zero attached hydrogens (tertiary/aromatic N) is 1. The van der Waals surface area contributed by atoms with Crippen LogP contribution in [0.5, 0.6) is 5.75 Å². The maximum absolute atomic E-state index is 13.7. The molecule has 1 fully saturated rings. The minimum Gasteiger partial charge on any atom is -0.496 e. The molecular weight excluding hydrogens is 558 g/mol. The van der Waals surface area contributed by atoms with E-state index in [9.17, 15) is 24.4 Å². The minimum atomic E-state index is -0.768. The second kappa shape index (κ2) is 15.0. The molecule has 10 heteroatoms. The number of aromatic nitrogens is 1. The van der Waals surface area contributed by atoms with Gasteiger partial charge in [-0.2, -0.15) is 5.26 Å². The summed E-state index contributed by atoms with van der Waals surface area (Å²) in [4.78, 5) is 55.6. The number of hydrogen-bond acceptors (Lipinski definition) is 6. The Morgan fingerprint density at radius 2 is 1.91 bits per heavy atom. The van der Waals surface area contributed by atoms with E-state index >= 15 is 0 Å². The lowest BCUT2D eigenvalue weighted by molar-refractivity contribution is -0.127. The van der Waals surface area contributed by atoms with Gasteiger partial charge < -0.3 is 25.7 Å². The molecular formula is C34H39N5O5. The van der Waals surface area contributed by atoms with E-state index < -0.39 is 17.9 Å². The van der Waals surface area contributed by atoms with Crippen molar-refractivity contribution in [1.29, 1.82) is 5.26 Å². The molecule has 1 aliphatic heterocycles. The summed E-state index contributed by atoms with van der Waals surface area (Å²) in [5.41, 5.74) is 1.85. The number of ketones is 1. The lowest BCUT2D eigenvalue weighted by atomic mass is 9.90. The topological polar surface area (TPSA) is 153 Å². The maximum Gasteiger partial charge on any atom is 0.261 e. The van der Waals surface area contributed by atoms with E-state index in [0.29, 0.717) is 30.8 Å². The van der Waals surface area contributed by atoms with Gasteiger partial charge in [-0.25, -0.2) is 0 Å². The molecule has 0 aliphatic carbocycles. The number of Topliss-reactive ketones (excluding diaryl/α,β-unsaturated/α-hetero) is 1. The molecule has 230 valence electrons. The second-order valence-electron chi connectivity index (χ2n) is 11.5. The zero-order chi connectivity index (χ0) is 31.6. The van der Waals surface area contributed by atoms with Crippen molar-refractivity contribution in [2.24, 2.45) is 17.8 Å². The molecule has 4 N–H and O–H groups in total. The molecule has 44 heavy (non-hydrogen) atoms. The number of hydrogen-bond donors (Lipinski definition) is 4. The van der Waals surface area contributed by atoms with Gasteiger partial charge >= 0.3 is 0 Å². The second-order valence-corrected chi connectivity index (χ2v) is 11.5. The fourth-order valence-electron chi connectivity index (χ4n) is 5.53. The summed E-state index contributed by atoms with van der Waals surface area (Å²) in [7, 11) is 1.57. The predicted octanol–water partition coefficient (Wildman–Crippen LogP) is 4.19. The van der Waals surface area contributed by atoms with Crippen LogP contribution in [-0.4, -0.2) is 48.2 Å². The Morgan fingerprint density at radius 1 is 1.14 bits per heavy atom. The van der Waals surface area contributed by atoms with Gasteiger partial charge in [0, 0.05) is 48.3 Å². The Morgan fingerprint density at radius 3 is 2.57 bits per heavy atom. The molecule has 0 spiro atoms. The lowest BCUT2D eigenvalue weighted by Gasteiger charge is -2.23. The van der Waals surface area contributed by atoms with Gasteiger partial charge in [-0.15, -0.1) is 0 Å². The number of nitrogens with one attached hydrogen (secondary N) is 4. The first kappa shape index (κ1) is 32.0. The maximum atomic E-state index is 13.7. The first-order valence-electron chi connectivity index (χ1n) is 14.9. The monoisotopic (exact) mass is 597 g/mol. The fraction of sp³-hybridized carbons (Fsp3) is 0.382. The van der Waals surface area contributed by atoms with Crippen molar-refractivity contribution < 1.29 is 23.9 Å². The van der Waals surface area contributed by atoms with Crippen molar-refractivity contribution in [3.05, 3.63) is 77.5 Å². The third kappa shape index (κ3) is 8.34. The first-order chi connectivity index (χ1) is 21.2. The average Bonchev–Trinajstić information content (AvgIpc) is 3.64. The van der Waals surface area contributed by atoms with Crippen molar-refractivity contribution in [3.8, 4) is 11.8 Å². The molecule has 2 aromatic carbocycles. The van der Waals surface area contributed by atoms with E-state index in [4.69, 9.17) is 4.74 Å². The van der Waals surface area contributed by atoms with Gasteiger partial charge in [0.05, 0.1) is 12.8 Å². The van der Waals surface area contributed by atoms with Crippen molar-refractivity contribution >= 4 is 34.4 Å². The lowest BCUT2D eigenvalue weighted by Crippen LogP contribution is -2.41. The highest BCUT2D eigenvalue weighted by molar-refractivity contribution is 6.02. The van der Waals surface area contributed by atoms with E-state index in [1.807, 2.05) is 68.4 Å². The van der Waals surface area contributed by atoms with Gasteiger partial charge in [-0.05, 0) is 55.0 Å². The molecule has 1 aromatic heterocycles. The highest BCUT2D eigenvalue weighted by Gasteiger charge is 2.31. The van der Waals surface area contributed by atoms with Gasteiger partial charge in [0.2, 0.25) is 11.8 Å². The number of rotatable bonds is 14. The SMILES string of the molecule is COc1cccc2[nH]c(C(=O)CC(CC(C)C)C(=O)NC(/C=C(/C#N)C(=O)NCc3ccccc3)CC3CCNC3=O)cc12. The number of aromatic amines is 1. The van der Waals surface area contributed by atoms with Gasteiger partial charge in [0.25, 0.3) is 5.91 Å². The number of methoxy groups -OCH3 is 1. The fourth-order valence-corrected chi connectivity index (χ4v) is 5.53. The Labute approximate surface area is 257 Å². The van der Waals surface area contributed by atoms with Crippen LogP contribution in [0.2, 0.25) is 0 Å². The molecule has 0 bridgehead atoms. The number of ether oxygens (including phenoxy) is 1. The standard InChI is InChI=1S/C34H39N5O5/c1-21(2)14-24(17-30(40)29-18-27-28(39-29)10-7-11-31(27)44-3)34(43)38-26(15-23-12-13-36-32(23)41)16-25(19-35)33(42)37-20-22-8-5-4-6-9-22/h4-11,16,18,21,23-24,26,39H,12-15,17,20H2,1-3H3,(H,36,41)(H,37,42)(H,38,43)/b25-16-. The smallest absolute Gasteiger partial charge is 0.261 e. The summed E-state index contributed by atoms with van der Waals surface area (Å²) in [6, 6.07) is 17.7. The van der Waals surface area contributed by atoms with E-state index in [2.05, 4.69) is 20.9 Å². The van der Waals surface area contributed by atoms with E-state index in [0.717, 1.165) is 16.5 Å². The quantitative estimate of drug-likeness (QED) is 0.124. The van der Waals surface area contributed by atoms with Gasteiger partial charge in [0.1, 0.15) is 17.4 Å². The van der Waals surface area contributed by atoms with E-state index in [1.54, 1.807) is 13.2 Å². The van der Waals surface area contributed by atoms with Gasteiger partial charge in [0.15, 0.2) is 5.78 Å². The number of carbonyl (C=O) groups is 4. The molecule has 10 nitrogen and oxygen atoms in total. The Balaban J connectivity index is 1.53. The van der Waals surface area contributed by atoms with Crippen molar-refractivity contribution in [2.75, 3.05) is 13.7 Å². The molecule has 3 atom stereocenters. The Kier molecular flexibility index (Phi) is 10.9. The Hall–Kier alpha value is -4.91. The molecule has 3 unspecified atom stereocenters. The van der Waals surface area contributed by atoms with E-state index in [1.165, 1.54) is 6.08 Å². The van der Waals surface area contributed by atoms with E-state index in [-0.39, 0.29) is 54.4 Å². The van der Waals surface area contributed by atoms with Crippen LogP contribution in [0.15, 0.2) is 66.2 Å². The van der Waals surface area contributed by atoms with Gasteiger partial charge in [-0.3, -0.25) is 19.2 Å². The minimum absolute atomic E-state index is 0.0395. The molecule has 1 aliphatic rings. The van der Waals surface area contributed by atoms with Crippen LogP contribution < -0.4 is 20.7 Å². The zero-order valence-electron chi connectivity index (χ0n) is 25.3. The summed E-state index contributed by atoms with van der Waals surface area (Å²) in [5, 5.41) is 19.1. The van der Waals surface area contributed by atoms with Crippen molar-refractivity contribution in [2.45, 2.75) is 52.1 Å². The predicted molar refractivity (Wildman–Crippen MR) is 166 cm³/mol. The van der Waals surface area contributed by atoms with Crippen LogP contribution in [0.3, 0.4) is 0 Å². The van der Waals surface area contributed by atoms with Crippen LogP contribution >= 0.6 is 0 Å². The summed E-state index contributed by atoms with van der Waals surface area (Å²) < 4.78 is 5.41. The number of amides is 3. The molecule has 2 heterocycles. The molecule has 1 saturated heterocycles. The third-order valence-corrected chi connectivity index (χ3v) is 7.76.